The largest absolute Gasteiger partial charge is 0.348 e. The molecule has 0 saturated heterocycles. The molecule has 3 aromatic heterocycles. The molecule has 138 valence electrons. The first-order valence-corrected chi connectivity index (χ1v) is 9.49. The SMILES string of the molecule is Cn1nccc1-c1ncc(-c2cc(C(=O)NC3CC3)n(CC3CC3)c2)cn1. The monoisotopic (exact) mass is 362 g/mol. The Hall–Kier alpha value is -2.96. The minimum Gasteiger partial charge on any atom is -0.348 e. The fourth-order valence-corrected chi connectivity index (χ4v) is 3.28. The highest BCUT2D eigenvalue weighted by Gasteiger charge is 2.28. The number of aryl methyl sites for hydroxylation is 1. The Morgan fingerprint density at radius 2 is 1.96 bits per heavy atom. The Bertz CT molecular complexity index is 978. The van der Waals surface area contributed by atoms with Crippen LogP contribution in [0.4, 0.5) is 0 Å². The highest BCUT2D eigenvalue weighted by Crippen LogP contribution is 2.33. The zero-order chi connectivity index (χ0) is 18.4. The first kappa shape index (κ1) is 16.2. The van der Waals surface area contributed by atoms with Gasteiger partial charge in [-0.25, -0.2) is 9.97 Å². The third kappa shape index (κ3) is 3.37. The molecule has 3 heterocycles. The number of nitrogens with one attached hydrogen (secondary N) is 1. The van der Waals surface area contributed by atoms with E-state index in [4.69, 9.17) is 0 Å². The molecule has 7 heteroatoms. The Balaban J connectivity index is 1.44. The number of rotatable bonds is 6. The molecule has 5 rings (SSSR count). The van der Waals surface area contributed by atoms with E-state index >= 15 is 0 Å². The second-order valence-electron chi connectivity index (χ2n) is 7.59. The molecular formula is C20H22N6O. The molecule has 2 fully saturated rings. The van der Waals surface area contributed by atoms with Crippen molar-refractivity contribution < 1.29 is 4.79 Å². The van der Waals surface area contributed by atoms with E-state index < -0.39 is 0 Å². The topological polar surface area (TPSA) is 77.6 Å². The van der Waals surface area contributed by atoms with Crippen molar-refractivity contribution in [1.29, 1.82) is 0 Å². The van der Waals surface area contributed by atoms with Gasteiger partial charge in [0.1, 0.15) is 11.4 Å². The van der Waals surface area contributed by atoms with E-state index in [0.717, 1.165) is 41.9 Å². The standard InChI is InChI=1S/C20H22N6O/c1-25-17(6-7-23-25)19-21-9-15(10-22-19)14-8-18(20(27)24-16-4-5-16)26(12-14)11-13-2-3-13/h6-10,12-13,16H,2-5,11H2,1H3,(H,24,27). The van der Waals surface area contributed by atoms with Gasteiger partial charge in [0.15, 0.2) is 5.82 Å². The van der Waals surface area contributed by atoms with Crippen molar-refractivity contribution in [2.24, 2.45) is 13.0 Å². The van der Waals surface area contributed by atoms with Crippen LogP contribution in [0.3, 0.4) is 0 Å². The van der Waals surface area contributed by atoms with Crippen LogP contribution in [-0.4, -0.2) is 36.3 Å². The van der Waals surface area contributed by atoms with E-state index in [9.17, 15) is 4.79 Å². The predicted octanol–water partition coefficient (Wildman–Crippen LogP) is 2.65. The smallest absolute Gasteiger partial charge is 0.268 e. The molecule has 7 nitrogen and oxygen atoms in total. The lowest BCUT2D eigenvalue weighted by Gasteiger charge is -2.08. The van der Waals surface area contributed by atoms with Crippen LogP contribution < -0.4 is 5.32 Å². The minimum atomic E-state index is 0.0248. The Labute approximate surface area is 157 Å². The number of carbonyl (C=O) groups excluding carboxylic acids is 1. The number of hydrogen-bond donors (Lipinski definition) is 1. The summed E-state index contributed by atoms with van der Waals surface area (Å²) in [6.07, 6.45) is 12.1. The summed E-state index contributed by atoms with van der Waals surface area (Å²) < 4.78 is 3.85. The molecule has 2 aliphatic rings. The summed E-state index contributed by atoms with van der Waals surface area (Å²) in [4.78, 5) is 21.6. The van der Waals surface area contributed by atoms with Gasteiger partial charge in [-0.05, 0) is 43.7 Å². The van der Waals surface area contributed by atoms with Gasteiger partial charge < -0.3 is 9.88 Å². The van der Waals surface area contributed by atoms with Crippen molar-refractivity contribution in [3.05, 3.63) is 42.6 Å². The summed E-state index contributed by atoms with van der Waals surface area (Å²) in [6.45, 7) is 0.904. The number of carbonyl (C=O) groups is 1. The molecule has 2 aliphatic carbocycles. The van der Waals surface area contributed by atoms with E-state index in [1.807, 2.05) is 31.6 Å². The molecule has 0 radical (unpaired) electrons. The molecule has 27 heavy (non-hydrogen) atoms. The van der Waals surface area contributed by atoms with Crippen LogP contribution >= 0.6 is 0 Å². The molecule has 0 unspecified atom stereocenters. The average Bonchev–Trinajstić information content (AvgIpc) is 3.57. The van der Waals surface area contributed by atoms with Gasteiger partial charge in [-0.1, -0.05) is 0 Å². The number of hydrogen-bond acceptors (Lipinski definition) is 4. The predicted molar refractivity (Wildman–Crippen MR) is 101 cm³/mol. The van der Waals surface area contributed by atoms with Gasteiger partial charge in [0, 0.05) is 55.5 Å². The molecule has 3 aromatic rings. The molecule has 0 atom stereocenters. The number of amides is 1. The molecule has 2 saturated carbocycles. The van der Waals surface area contributed by atoms with E-state index in [1.54, 1.807) is 10.9 Å². The molecule has 1 amide bonds. The maximum atomic E-state index is 12.6. The second-order valence-corrected chi connectivity index (χ2v) is 7.59. The lowest BCUT2D eigenvalue weighted by molar-refractivity contribution is 0.0941. The van der Waals surface area contributed by atoms with Crippen LogP contribution in [0.1, 0.15) is 36.2 Å². The van der Waals surface area contributed by atoms with E-state index in [-0.39, 0.29) is 5.91 Å². The zero-order valence-electron chi connectivity index (χ0n) is 15.3. The van der Waals surface area contributed by atoms with Crippen molar-refractivity contribution in [3.8, 4) is 22.6 Å². The molecular weight excluding hydrogens is 340 g/mol. The fourth-order valence-electron chi connectivity index (χ4n) is 3.28. The fraction of sp³-hybridized carbons (Fsp3) is 0.400. The van der Waals surface area contributed by atoms with Crippen molar-refractivity contribution in [1.82, 2.24) is 29.6 Å². The Morgan fingerprint density at radius 1 is 1.19 bits per heavy atom. The lowest BCUT2D eigenvalue weighted by Crippen LogP contribution is -2.27. The van der Waals surface area contributed by atoms with Gasteiger partial charge in [-0.2, -0.15) is 5.10 Å². The van der Waals surface area contributed by atoms with Crippen LogP contribution in [0, 0.1) is 5.92 Å². The Kier molecular flexibility index (Phi) is 3.81. The number of nitrogens with zero attached hydrogens (tertiary/aromatic N) is 5. The summed E-state index contributed by atoms with van der Waals surface area (Å²) in [5, 5.41) is 7.26. The van der Waals surface area contributed by atoms with Crippen LogP contribution in [0.25, 0.3) is 22.6 Å². The maximum Gasteiger partial charge on any atom is 0.268 e. The van der Waals surface area contributed by atoms with Crippen molar-refractivity contribution in [2.75, 3.05) is 0 Å². The minimum absolute atomic E-state index is 0.0248. The molecule has 1 N–H and O–H groups in total. The normalized spacial score (nSPS) is 16.5. The maximum absolute atomic E-state index is 12.6. The highest BCUT2D eigenvalue weighted by molar-refractivity contribution is 5.94. The average molecular weight is 362 g/mol. The zero-order valence-corrected chi connectivity index (χ0v) is 15.3. The quantitative estimate of drug-likeness (QED) is 0.731. The molecule has 0 spiro atoms. The van der Waals surface area contributed by atoms with Gasteiger partial charge in [-0.3, -0.25) is 9.48 Å². The van der Waals surface area contributed by atoms with Crippen LogP contribution in [0.2, 0.25) is 0 Å². The van der Waals surface area contributed by atoms with Crippen molar-refractivity contribution in [2.45, 2.75) is 38.3 Å². The van der Waals surface area contributed by atoms with Crippen molar-refractivity contribution in [3.63, 3.8) is 0 Å². The molecule has 0 aliphatic heterocycles. The summed E-state index contributed by atoms with van der Waals surface area (Å²) >= 11 is 0. The first-order valence-electron chi connectivity index (χ1n) is 9.49. The molecule has 0 aromatic carbocycles. The summed E-state index contributed by atoms with van der Waals surface area (Å²) in [7, 11) is 1.87. The van der Waals surface area contributed by atoms with E-state index in [1.165, 1.54) is 12.8 Å². The second kappa shape index (κ2) is 6.33. The summed E-state index contributed by atoms with van der Waals surface area (Å²) in [6, 6.07) is 4.20. The van der Waals surface area contributed by atoms with Crippen LogP contribution in [-0.2, 0) is 13.6 Å². The van der Waals surface area contributed by atoms with Crippen LogP contribution in [0.15, 0.2) is 36.9 Å². The lowest BCUT2D eigenvalue weighted by atomic mass is 10.2. The first-order chi connectivity index (χ1) is 13.2. The Morgan fingerprint density at radius 3 is 2.59 bits per heavy atom. The van der Waals surface area contributed by atoms with E-state index in [2.05, 4.69) is 31.1 Å². The number of aromatic nitrogens is 5. The van der Waals surface area contributed by atoms with Crippen LogP contribution in [0.5, 0.6) is 0 Å². The van der Waals surface area contributed by atoms with Gasteiger partial charge in [0.2, 0.25) is 0 Å². The van der Waals surface area contributed by atoms with Gasteiger partial charge in [0.25, 0.3) is 5.91 Å². The third-order valence-electron chi connectivity index (χ3n) is 5.23. The van der Waals surface area contributed by atoms with E-state index in [0.29, 0.717) is 17.8 Å². The highest BCUT2D eigenvalue weighted by atomic mass is 16.2. The van der Waals surface area contributed by atoms with Gasteiger partial charge in [-0.15, -0.1) is 0 Å². The van der Waals surface area contributed by atoms with Gasteiger partial charge in [0.05, 0.1) is 0 Å². The third-order valence-corrected chi connectivity index (χ3v) is 5.23. The van der Waals surface area contributed by atoms with Gasteiger partial charge >= 0.3 is 0 Å². The molecule has 0 bridgehead atoms. The summed E-state index contributed by atoms with van der Waals surface area (Å²) in [5.41, 5.74) is 3.50. The van der Waals surface area contributed by atoms with Crippen molar-refractivity contribution >= 4 is 5.91 Å². The summed E-state index contributed by atoms with van der Waals surface area (Å²) in [5.74, 6) is 1.36.